The lowest BCUT2D eigenvalue weighted by molar-refractivity contribution is -0.138. The van der Waals surface area contributed by atoms with Gasteiger partial charge in [0.15, 0.2) is 9.84 Å². The Kier molecular flexibility index (Phi) is 5.61. The molecule has 1 fully saturated rings. The van der Waals surface area contributed by atoms with Crippen LogP contribution in [0.5, 0.6) is 5.75 Å². The van der Waals surface area contributed by atoms with E-state index in [9.17, 15) is 13.2 Å². The molecule has 2 aromatic carbocycles. The van der Waals surface area contributed by atoms with E-state index in [2.05, 4.69) is 6.07 Å². The van der Waals surface area contributed by atoms with Gasteiger partial charge >= 0.3 is 0 Å². The minimum Gasteiger partial charge on any atom is -0.497 e. The lowest BCUT2D eigenvalue weighted by Gasteiger charge is -2.38. The van der Waals surface area contributed by atoms with Gasteiger partial charge in [0.1, 0.15) is 11.8 Å². The largest absolute Gasteiger partial charge is 0.497 e. The van der Waals surface area contributed by atoms with Crippen LogP contribution in [0.15, 0.2) is 48.5 Å². The lowest BCUT2D eigenvalue weighted by Crippen LogP contribution is -2.49. The molecule has 1 atom stereocenters. The number of carbonyl (C=O) groups is 1. The minimum atomic E-state index is -3.01. The van der Waals surface area contributed by atoms with E-state index in [0.717, 1.165) is 23.3 Å². The fourth-order valence-corrected chi connectivity index (χ4v) is 5.38. The SMILES string of the molecule is COc1ccc2c(c1)CN(C(=O)C(c1ccccc1)N1CCS(=O)(=O)CC1)CC2. The van der Waals surface area contributed by atoms with Gasteiger partial charge in [-0.25, -0.2) is 8.42 Å². The number of fused-ring (bicyclic) bond motifs is 1. The summed E-state index contributed by atoms with van der Waals surface area (Å²) in [7, 11) is -1.37. The second-order valence-corrected chi connectivity index (χ2v) is 9.95. The molecule has 29 heavy (non-hydrogen) atoms. The molecule has 0 N–H and O–H groups in total. The number of carbonyl (C=O) groups excluding carboxylic acids is 1. The quantitative estimate of drug-likeness (QED) is 0.766. The van der Waals surface area contributed by atoms with Gasteiger partial charge in [-0.15, -0.1) is 0 Å². The smallest absolute Gasteiger partial charge is 0.244 e. The number of nitrogens with zero attached hydrogens (tertiary/aromatic N) is 2. The standard InChI is InChI=1S/C22H26N2O4S/c1-28-20-8-7-17-9-10-24(16-19(17)15-20)22(25)21(18-5-3-2-4-6-18)23-11-13-29(26,27)14-12-23/h2-8,15,21H,9-14,16H2,1H3. The van der Waals surface area contributed by atoms with Crippen LogP contribution in [0.4, 0.5) is 0 Å². The molecular weight excluding hydrogens is 388 g/mol. The highest BCUT2D eigenvalue weighted by atomic mass is 32.2. The Morgan fingerprint density at radius 1 is 1.00 bits per heavy atom. The summed E-state index contributed by atoms with van der Waals surface area (Å²) >= 11 is 0. The summed E-state index contributed by atoms with van der Waals surface area (Å²) in [6.07, 6.45) is 0.807. The highest BCUT2D eigenvalue weighted by Crippen LogP contribution is 2.29. The Morgan fingerprint density at radius 2 is 1.72 bits per heavy atom. The molecule has 1 saturated heterocycles. The van der Waals surface area contributed by atoms with Crippen LogP contribution < -0.4 is 4.74 Å². The predicted molar refractivity (Wildman–Crippen MR) is 112 cm³/mol. The summed E-state index contributed by atoms with van der Waals surface area (Å²) < 4.78 is 29.1. The Balaban J connectivity index is 1.60. The van der Waals surface area contributed by atoms with Crippen LogP contribution in [0.3, 0.4) is 0 Å². The Morgan fingerprint density at radius 3 is 2.41 bits per heavy atom. The van der Waals surface area contributed by atoms with Crippen molar-refractivity contribution >= 4 is 15.7 Å². The molecule has 7 heteroatoms. The normalized spacial score (nSPS) is 20.0. The van der Waals surface area contributed by atoms with Crippen molar-refractivity contribution in [1.29, 1.82) is 0 Å². The average molecular weight is 415 g/mol. The van der Waals surface area contributed by atoms with E-state index in [1.165, 1.54) is 5.56 Å². The van der Waals surface area contributed by atoms with Crippen LogP contribution in [-0.4, -0.2) is 62.4 Å². The maximum Gasteiger partial charge on any atom is 0.244 e. The molecule has 0 aromatic heterocycles. The number of amides is 1. The predicted octanol–water partition coefficient (Wildman–Crippen LogP) is 2.05. The molecule has 0 spiro atoms. The molecule has 4 rings (SSSR count). The molecule has 2 aliphatic heterocycles. The minimum absolute atomic E-state index is 0.0315. The van der Waals surface area contributed by atoms with Crippen molar-refractivity contribution in [2.24, 2.45) is 0 Å². The summed E-state index contributed by atoms with van der Waals surface area (Å²) in [5.74, 6) is 1.02. The van der Waals surface area contributed by atoms with Gasteiger partial charge in [0.2, 0.25) is 5.91 Å². The van der Waals surface area contributed by atoms with E-state index in [1.54, 1.807) is 7.11 Å². The first-order chi connectivity index (χ1) is 14.0. The number of methoxy groups -OCH3 is 1. The van der Waals surface area contributed by atoms with Gasteiger partial charge in [-0.3, -0.25) is 9.69 Å². The first-order valence-corrected chi connectivity index (χ1v) is 11.7. The molecule has 0 radical (unpaired) electrons. The molecule has 6 nitrogen and oxygen atoms in total. The third-order valence-electron chi connectivity index (χ3n) is 5.83. The van der Waals surface area contributed by atoms with Crippen LogP contribution in [0.25, 0.3) is 0 Å². The van der Waals surface area contributed by atoms with Crippen LogP contribution in [0.2, 0.25) is 0 Å². The van der Waals surface area contributed by atoms with Gasteiger partial charge in [-0.2, -0.15) is 0 Å². The van der Waals surface area contributed by atoms with E-state index in [4.69, 9.17) is 4.74 Å². The van der Waals surface area contributed by atoms with Crippen molar-refractivity contribution in [3.63, 3.8) is 0 Å². The van der Waals surface area contributed by atoms with Gasteiger partial charge in [-0.1, -0.05) is 36.4 Å². The molecule has 0 bridgehead atoms. The maximum absolute atomic E-state index is 13.6. The Bertz CT molecular complexity index is 977. The van der Waals surface area contributed by atoms with Crippen molar-refractivity contribution in [2.45, 2.75) is 19.0 Å². The van der Waals surface area contributed by atoms with Gasteiger partial charge in [-0.05, 0) is 35.2 Å². The van der Waals surface area contributed by atoms with E-state index < -0.39 is 15.9 Å². The molecule has 2 heterocycles. The van der Waals surface area contributed by atoms with Crippen molar-refractivity contribution in [1.82, 2.24) is 9.80 Å². The van der Waals surface area contributed by atoms with Crippen molar-refractivity contribution in [3.05, 3.63) is 65.2 Å². The fourth-order valence-electron chi connectivity index (χ4n) is 4.15. The van der Waals surface area contributed by atoms with Gasteiger partial charge in [0.05, 0.1) is 18.6 Å². The van der Waals surface area contributed by atoms with E-state index in [-0.39, 0.29) is 17.4 Å². The monoisotopic (exact) mass is 414 g/mol. The second-order valence-electron chi connectivity index (χ2n) is 7.65. The number of hydrogen-bond acceptors (Lipinski definition) is 5. The van der Waals surface area contributed by atoms with Crippen molar-refractivity contribution in [3.8, 4) is 5.75 Å². The molecule has 2 aliphatic rings. The second kappa shape index (κ2) is 8.16. The third-order valence-corrected chi connectivity index (χ3v) is 7.44. The summed E-state index contributed by atoms with van der Waals surface area (Å²) in [4.78, 5) is 17.5. The summed E-state index contributed by atoms with van der Waals surface area (Å²) in [6, 6.07) is 15.2. The first kappa shape index (κ1) is 19.9. The fraction of sp³-hybridized carbons (Fsp3) is 0.409. The Hall–Kier alpha value is -2.38. The first-order valence-electron chi connectivity index (χ1n) is 9.91. The lowest BCUT2D eigenvalue weighted by atomic mass is 9.97. The van der Waals surface area contributed by atoms with Crippen molar-refractivity contribution < 1.29 is 17.9 Å². The number of hydrogen-bond donors (Lipinski definition) is 0. The van der Waals surface area contributed by atoms with Crippen molar-refractivity contribution in [2.75, 3.05) is 38.2 Å². The zero-order chi connectivity index (χ0) is 20.4. The summed E-state index contributed by atoms with van der Waals surface area (Å²) in [5, 5.41) is 0. The molecule has 2 aromatic rings. The average Bonchev–Trinajstić information content (AvgIpc) is 2.75. The highest BCUT2D eigenvalue weighted by Gasteiger charge is 2.35. The Labute approximate surface area is 172 Å². The molecular formula is C22H26N2O4S. The zero-order valence-corrected chi connectivity index (χ0v) is 17.4. The zero-order valence-electron chi connectivity index (χ0n) is 16.6. The molecule has 0 aliphatic carbocycles. The summed E-state index contributed by atoms with van der Waals surface area (Å²) in [5.41, 5.74) is 3.26. The topological polar surface area (TPSA) is 66.9 Å². The molecule has 0 saturated carbocycles. The van der Waals surface area contributed by atoms with E-state index in [1.807, 2.05) is 52.3 Å². The number of rotatable bonds is 4. The number of ether oxygens (including phenoxy) is 1. The van der Waals surface area contributed by atoms with Crippen LogP contribution in [0, 0.1) is 0 Å². The highest BCUT2D eigenvalue weighted by molar-refractivity contribution is 7.91. The van der Waals surface area contributed by atoms with E-state index >= 15 is 0 Å². The maximum atomic E-state index is 13.6. The third kappa shape index (κ3) is 4.31. The van der Waals surface area contributed by atoms with Gasteiger partial charge < -0.3 is 9.64 Å². The van der Waals surface area contributed by atoms with E-state index in [0.29, 0.717) is 26.2 Å². The molecule has 1 amide bonds. The van der Waals surface area contributed by atoms with Crippen LogP contribution >= 0.6 is 0 Å². The van der Waals surface area contributed by atoms with Crippen LogP contribution in [0.1, 0.15) is 22.7 Å². The van der Waals surface area contributed by atoms with Gasteiger partial charge in [0.25, 0.3) is 0 Å². The number of benzene rings is 2. The number of sulfone groups is 1. The summed E-state index contributed by atoms with van der Waals surface area (Å²) in [6.45, 7) is 1.96. The molecule has 1 unspecified atom stereocenters. The molecule has 154 valence electrons. The van der Waals surface area contributed by atoms with Gasteiger partial charge in [0, 0.05) is 26.2 Å². The van der Waals surface area contributed by atoms with Crippen LogP contribution in [-0.2, 0) is 27.6 Å².